The highest BCUT2D eigenvalue weighted by atomic mass is 31.2. The Morgan fingerprint density at radius 1 is 0.600 bits per heavy atom. The Labute approximate surface area is 306 Å². The van der Waals surface area contributed by atoms with E-state index >= 15 is 0 Å². The topological polar surface area (TPSA) is 134 Å². The van der Waals surface area contributed by atoms with Crippen molar-refractivity contribution < 1.29 is 37.6 Å². The molecule has 0 saturated heterocycles. The predicted molar refractivity (Wildman–Crippen MR) is 206 cm³/mol. The van der Waals surface area contributed by atoms with Crippen LogP contribution in [0.2, 0.25) is 0 Å². The number of ether oxygens (including phenoxy) is 2. The molecule has 50 heavy (non-hydrogen) atoms. The van der Waals surface area contributed by atoms with Crippen molar-refractivity contribution in [2.75, 3.05) is 26.4 Å². The molecular formula is C40H76NO8P. The van der Waals surface area contributed by atoms with E-state index in [0.29, 0.717) is 6.42 Å². The molecule has 1 unspecified atom stereocenters. The van der Waals surface area contributed by atoms with E-state index in [2.05, 4.69) is 38.2 Å². The lowest BCUT2D eigenvalue weighted by Gasteiger charge is -2.19. The monoisotopic (exact) mass is 730 g/mol. The van der Waals surface area contributed by atoms with Crippen LogP contribution in [0.5, 0.6) is 0 Å². The first-order valence-electron chi connectivity index (χ1n) is 20.3. The van der Waals surface area contributed by atoms with Gasteiger partial charge in [0.25, 0.3) is 0 Å². The lowest BCUT2D eigenvalue weighted by Crippen LogP contribution is -2.29. The number of phosphoric ester groups is 1. The van der Waals surface area contributed by atoms with Gasteiger partial charge in [-0.15, -0.1) is 0 Å². The average Bonchev–Trinajstić information content (AvgIpc) is 3.10. The SMILES string of the molecule is CCCCCC=CCC=CCCCCCCCCCC(=O)O[C@H](COC(=O)CCCCCCCCCCCCCC)COP(=O)(O)OCCN. The van der Waals surface area contributed by atoms with Gasteiger partial charge in [0.1, 0.15) is 6.61 Å². The van der Waals surface area contributed by atoms with Gasteiger partial charge in [0.2, 0.25) is 0 Å². The minimum atomic E-state index is -4.37. The number of carbonyl (C=O) groups is 2. The molecule has 0 amide bonds. The van der Waals surface area contributed by atoms with E-state index < -0.39 is 26.5 Å². The van der Waals surface area contributed by atoms with Gasteiger partial charge in [-0.2, -0.15) is 0 Å². The van der Waals surface area contributed by atoms with Gasteiger partial charge in [-0.25, -0.2) is 4.57 Å². The zero-order valence-corrected chi connectivity index (χ0v) is 33.0. The molecule has 0 spiro atoms. The molecule has 0 aromatic rings. The molecule has 0 rings (SSSR count). The van der Waals surface area contributed by atoms with Crippen molar-refractivity contribution in [3.05, 3.63) is 24.3 Å². The number of rotatable bonds is 38. The van der Waals surface area contributed by atoms with E-state index in [1.165, 1.54) is 103 Å². The Morgan fingerprint density at radius 2 is 1.04 bits per heavy atom. The van der Waals surface area contributed by atoms with Crippen LogP contribution in [0.1, 0.15) is 187 Å². The molecule has 0 aliphatic carbocycles. The fraction of sp³-hybridized carbons (Fsp3) is 0.850. The number of carbonyl (C=O) groups excluding carboxylic acids is 2. The first-order chi connectivity index (χ1) is 24.3. The molecule has 0 heterocycles. The lowest BCUT2D eigenvalue weighted by atomic mass is 10.0. The molecule has 0 bridgehead atoms. The summed E-state index contributed by atoms with van der Waals surface area (Å²) in [6, 6.07) is 0. The van der Waals surface area contributed by atoms with Gasteiger partial charge >= 0.3 is 19.8 Å². The molecule has 0 radical (unpaired) electrons. The highest BCUT2D eigenvalue weighted by Crippen LogP contribution is 2.43. The second-order valence-electron chi connectivity index (χ2n) is 13.5. The van der Waals surface area contributed by atoms with Crippen LogP contribution in [-0.2, 0) is 32.7 Å². The number of hydrogen-bond donors (Lipinski definition) is 2. The summed E-state index contributed by atoms with van der Waals surface area (Å²) in [7, 11) is -4.37. The molecule has 9 nitrogen and oxygen atoms in total. The number of nitrogens with two attached hydrogens (primary N) is 1. The summed E-state index contributed by atoms with van der Waals surface area (Å²) in [5.74, 6) is -0.833. The van der Waals surface area contributed by atoms with Crippen LogP contribution in [0.25, 0.3) is 0 Å². The number of phosphoric acid groups is 1. The highest BCUT2D eigenvalue weighted by Gasteiger charge is 2.26. The maximum atomic E-state index is 12.5. The molecule has 3 N–H and O–H groups in total. The van der Waals surface area contributed by atoms with Gasteiger partial charge < -0.3 is 20.1 Å². The fourth-order valence-electron chi connectivity index (χ4n) is 5.55. The summed E-state index contributed by atoms with van der Waals surface area (Å²) < 4.78 is 32.7. The van der Waals surface area contributed by atoms with E-state index in [1.54, 1.807) is 0 Å². The van der Waals surface area contributed by atoms with Crippen molar-refractivity contribution >= 4 is 19.8 Å². The van der Waals surface area contributed by atoms with E-state index in [9.17, 15) is 19.0 Å². The molecular weight excluding hydrogens is 653 g/mol. The van der Waals surface area contributed by atoms with Crippen LogP contribution >= 0.6 is 7.82 Å². The second-order valence-corrected chi connectivity index (χ2v) is 15.0. The van der Waals surface area contributed by atoms with Crippen LogP contribution < -0.4 is 5.73 Å². The van der Waals surface area contributed by atoms with Crippen LogP contribution in [0.4, 0.5) is 0 Å². The van der Waals surface area contributed by atoms with Gasteiger partial charge in [0.15, 0.2) is 6.10 Å². The third-order valence-electron chi connectivity index (χ3n) is 8.59. The first kappa shape index (κ1) is 48.5. The zero-order chi connectivity index (χ0) is 36.8. The van der Waals surface area contributed by atoms with Gasteiger partial charge in [-0.1, -0.05) is 154 Å². The van der Waals surface area contributed by atoms with E-state index in [1.807, 2.05) is 0 Å². The standard InChI is InChI=1S/C40H76NO8P/c1-3-5-7-9-11-13-15-17-18-19-20-21-23-25-27-29-31-33-40(43)49-38(37-48-50(44,45)47-35-34-41)36-46-39(42)32-30-28-26-24-22-16-14-12-10-8-6-4-2/h11,13,17-18,38H,3-10,12,14-16,19-37,41H2,1-2H3,(H,44,45)/t38-/m1/s1. The molecule has 294 valence electrons. The molecule has 0 aliphatic rings. The van der Waals surface area contributed by atoms with Crippen molar-refractivity contribution in [2.45, 2.75) is 193 Å². The molecule has 0 aromatic heterocycles. The van der Waals surface area contributed by atoms with E-state index in [-0.39, 0.29) is 38.6 Å². The van der Waals surface area contributed by atoms with Crippen LogP contribution in [0, 0.1) is 0 Å². The Kier molecular flexibility index (Phi) is 36.1. The highest BCUT2D eigenvalue weighted by molar-refractivity contribution is 7.47. The number of unbranched alkanes of at least 4 members (excludes halogenated alkanes) is 21. The third-order valence-corrected chi connectivity index (χ3v) is 9.57. The normalized spacial score (nSPS) is 13.6. The van der Waals surface area contributed by atoms with Crippen molar-refractivity contribution in [3.63, 3.8) is 0 Å². The minimum Gasteiger partial charge on any atom is -0.462 e. The molecule has 0 aromatic carbocycles. The molecule has 0 fully saturated rings. The largest absolute Gasteiger partial charge is 0.472 e. The van der Waals surface area contributed by atoms with Crippen molar-refractivity contribution in [1.82, 2.24) is 0 Å². The second kappa shape index (κ2) is 37.3. The number of hydrogen-bond acceptors (Lipinski definition) is 8. The molecule has 2 atom stereocenters. The summed E-state index contributed by atoms with van der Waals surface area (Å²) in [5.41, 5.74) is 5.34. The quantitative estimate of drug-likeness (QED) is 0.0275. The van der Waals surface area contributed by atoms with Crippen LogP contribution in [0.3, 0.4) is 0 Å². The van der Waals surface area contributed by atoms with Crippen molar-refractivity contribution in [3.8, 4) is 0 Å². The summed E-state index contributed by atoms with van der Waals surface area (Å²) in [6.45, 7) is 3.70. The van der Waals surface area contributed by atoms with E-state index in [4.69, 9.17) is 24.3 Å². The minimum absolute atomic E-state index is 0.0533. The zero-order valence-electron chi connectivity index (χ0n) is 32.1. The maximum Gasteiger partial charge on any atom is 0.472 e. The third kappa shape index (κ3) is 36.3. The Hall–Kier alpha value is -1.51. The van der Waals surface area contributed by atoms with Crippen LogP contribution in [0.15, 0.2) is 24.3 Å². The van der Waals surface area contributed by atoms with Crippen molar-refractivity contribution in [1.29, 1.82) is 0 Å². The predicted octanol–water partition coefficient (Wildman–Crippen LogP) is 11.2. The first-order valence-corrected chi connectivity index (χ1v) is 21.8. The lowest BCUT2D eigenvalue weighted by molar-refractivity contribution is -0.161. The Bertz CT molecular complexity index is 881. The van der Waals surface area contributed by atoms with Crippen LogP contribution in [-0.4, -0.2) is 49.3 Å². The fourth-order valence-corrected chi connectivity index (χ4v) is 6.31. The number of allylic oxidation sites excluding steroid dienone is 4. The molecule has 0 aliphatic heterocycles. The molecule has 10 heteroatoms. The number of esters is 2. The van der Waals surface area contributed by atoms with Gasteiger partial charge in [-0.3, -0.25) is 18.6 Å². The Balaban J connectivity index is 4.18. The smallest absolute Gasteiger partial charge is 0.462 e. The van der Waals surface area contributed by atoms with E-state index in [0.717, 1.165) is 51.4 Å². The summed E-state index contributed by atoms with van der Waals surface area (Å²) in [5, 5.41) is 0. The summed E-state index contributed by atoms with van der Waals surface area (Å²) in [4.78, 5) is 34.7. The summed E-state index contributed by atoms with van der Waals surface area (Å²) >= 11 is 0. The van der Waals surface area contributed by atoms with Gasteiger partial charge in [0, 0.05) is 19.4 Å². The average molecular weight is 730 g/mol. The maximum absolute atomic E-state index is 12.5. The van der Waals surface area contributed by atoms with Gasteiger partial charge in [0.05, 0.1) is 13.2 Å². The van der Waals surface area contributed by atoms with Gasteiger partial charge in [-0.05, 0) is 44.9 Å². The molecule has 0 saturated carbocycles. The Morgan fingerprint density at radius 3 is 1.56 bits per heavy atom. The van der Waals surface area contributed by atoms with Crippen molar-refractivity contribution in [2.24, 2.45) is 5.73 Å². The summed E-state index contributed by atoms with van der Waals surface area (Å²) in [6.07, 6.45) is 37.7.